The van der Waals surface area contributed by atoms with E-state index in [0.717, 1.165) is 11.5 Å². The van der Waals surface area contributed by atoms with E-state index in [-0.39, 0.29) is 6.04 Å². The van der Waals surface area contributed by atoms with E-state index in [1.165, 1.54) is 5.56 Å². The topological polar surface area (TPSA) is 35.2 Å². The Kier molecular flexibility index (Phi) is 5.68. The van der Waals surface area contributed by atoms with Crippen LogP contribution >= 0.6 is 11.8 Å². The predicted octanol–water partition coefficient (Wildman–Crippen LogP) is 1.89. The number of benzene rings is 1. The highest BCUT2D eigenvalue weighted by atomic mass is 32.2. The lowest BCUT2D eigenvalue weighted by atomic mass is 10.2. The van der Waals surface area contributed by atoms with Gasteiger partial charge in [0.1, 0.15) is 0 Å². The summed E-state index contributed by atoms with van der Waals surface area (Å²) in [4.78, 5) is 0. The molecule has 0 saturated heterocycles. The summed E-state index contributed by atoms with van der Waals surface area (Å²) in [5, 5.41) is 0. The summed E-state index contributed by atoms with van der Waals surface area (Å²) in [5.41, 5.74) is 7.15. The van der Waals surface area contributed by atoms with E-state index in [2.05, 4.69) is 24.3 Å². The molecular weight excluding hydrogens is 194 g/mol. The minimum Gasteiger partial charge on any atom is -0.383 e. The maximum absolute atomic E-state index is 5.80. The van der Waals surface area contributed by atoms with Gasteiger partial charge in [-0.1, -0.05) is 30.3 Å². The van der Waals surface area contributed by atoms with Gasteiger partial charge in [-0.05, 0) is 5.56 Å². The van der Waals surface area contributed by atoms with E-state index < -0.39 is 0 Å². The lowest BCUT2D eigenvalue weighted by molar-refractivity contribution is 0.186. The monoisotopic (exact) mass is 211 g/mol. The van der Waals surface area contributed by atoms with Crippen molar-refractivity contribution in [3.8, 4) is 0 Å². The van der Waals surface area contributed by atoms with Crippen LogP contribution in [-0.2, 0) is 10.5 Å². The zero-order chi connectivity index (χ0) is 10.2. The third-order valence-electron chi connectivity index (χ3n) is 1.82. The molecule has 0 heterocycles. The lowest BCUT2D eigenvalue weighted by Crippen LogP contribution is -2.28. The van der Waals surface area contributed by atoms with Crippen molar-refractivity contribution in [1.82, 2.24) is 0 Å². The molecule has 2 nitrogen and oxygen atoms in total. The van der Waals surface area contributed by atoms with Crippen LogP contribution in [0.1, 0.15) is 5.56 Å². The van der Waals surface area contributed by atoms with Crippen molar-refractivity contribution in [3.63, 3.8) is 0 Å². The molecule has 14 heavy (non-hydrogen) atoms. The molecule has 1 unspecified atom stereocenters. The first-order valence-electron chi connectivity index (χ1n) is 4.69. The molecule has 0 aliphatic rings. The minimum absolute atomic E-state index is 0.147. The first-order valence-corrected chi connectivity index (χ1v) is 5.84. The van der Waals surface area contributed by atoms with Crippen molar-refractivity contribution in [3.05, 3.63) is 35.9 Å². The number of thioether (sulfide) groups is 1. The number of nitrogens with two attached hydrogens (primary N) is 1. The molecular formula is C11H17NOS. The summed E-state index contributed by atoms with van der Waals surface area (Å²) in [5.74, 6) is 1.97. The van der Waals surface area contributed by atoms with Gasteiger partial charge in [0.2, 0.25) is 0 Å². The molecule has 0 aliphatic heterocycles. The van der Waals surface area contributed by atoms with Gasteiger partial charge in [0.25, 0.3) is 0 Å². The van der Waals surface area contributed by atoms with Crippen molar-refractivity contribution >= 4 is 11.8 Å². The second-order valence-corrected chi connectivity index (χ2v) is 4.25. The summed E-state index contributed by atoms with van der Waals surface area (Å²) in [6, 6.07) is 10.6. The molecule has 0 aliphatic carbocycles. The van der Waals surface area contributed by atoms with Gasteiger partial charge < -0.3 is 10.5 Å². The normalized spacial score (nSPS) is 12.7. The molecule has 0 saturated carbocycles. The molecule has 78 valence electrons. The predicted molar refractivity (Wildman–Crippen MR) is 62.5 cm³/mol. The molecule has 3 heteroatoms. The lowest BCUT2D eigenvalue weighted by Gasteiger charge is -2.09. The molecule has 2 N–H and O–H groups in total. The Hall–Kier alpha value is -0.510. The Morgan fingerprint density at radius 2 is 2.07 bits per heavy atom. The minimum atomic E-state index is 0.147. The molecule has 0 spiro atoms. The van der Waals surface area contributed by atoms with Gasteiger partial charge in [0, 0.05) is 24.7 Å². The van der Waals surface area contributed by atoms with Gasteiger partial charge in [-0.25, -0.2) is 0 Å². The van der Waals surface area contributed by atoms with Crippen molar-refractivity contribution in [1.29, 1.82) is 0 Å². The van der Waals surface area contributed by atoms with Crippen LogP contribution in [0, 0.1) is 0 Å². The van der Waals surface area contributed by atoms with Crippen LogP contribution in [0.3, 0.4) is 0 Å². The summed E-state index contributed by atoms with van der Waals surface area (Å²) in [6.07, 6.45) is 0. The van der Waals surface area contributed by atoms with Gasteiger partial charge in [0.05, 0.1) is 6.61 Å². The summed E-state index contributed by atoms with van der Waals surface area (Å²) >= 11 is 1.85. The maximum atomic E-state index is 5.80. The smallest absolute Gasteiger partial charge is 0.0621 e. The van der Waals surface area contributed by atoms with Gasteiger partial charge in [-0.15, -0.1) is 0 Å². The second-order valence-electron chi connectivity index (χ2n) is 3.22. The number of methoxy groups -OCH3 is 1. The molecule has 0 bridgehead atoms. The van der Waals surface area contributed by atoms with Crippen LogP contribution in [-0.4, -0.2) is 25.5 Å². The largest absolute Gasteiger partial charge is 0.383 e. The Labute approximate surface area is 89.8 Å². The molecule has 0 aromatic heterocycles. The molecule has 1 atom stereocenters. The number of ether oxygens (including phenoxy) is 1. The van der Waals surface area contributed by atoms with Gasteiger partial charge in [-0.3, -0.25) is 0 Å². The van der Waals surface area contributed by atoms with E-state index in [0.29, 0.717) is 6.61 Å². The van der Waals surface area contributed by atoms with Crippen molar-refractivity contribution in [2.24, 2.45) is 5.73 Å². The van der Waals surface area contributed by atoms with Crippen LogP contribution in [0.5, 0.6) is 0 Å². The fraction of sp³-hybridized carbons (Fsp3) is 0.455. The number of rotatable bonds is 6. The highest BCUT2D eigenvalue weighted by Gasteiger charge is 2.01. The van der Waals surface area contributed by atoms with Crippen molar-refractivity contribution in [2.45, 2.75) is 11.8 Å². The Balaban J connectivity index is 2.16. The third-order valence-corrected chi connectivity index (χ3v) is 3.03. The van der Waals surface area contributed by atoms with Crippen LogP contribution in [0.25, 0.3) is 0 Å². The van der Waals surface area contributed by atoms with E-state index in [1.54, 1.807) is 7.11 Å². The summed E-state index contributed by atoms with van der Waals surface area (Å²) < 4.78 is 4.97. The maximum Gasteiger partial charge on any atom is 0.0621 e. The SMILES string of the molecule is COCC(N)CSCc1ccccc1. The zero-order valence-corrected chi connectivity index (χ0v) is 9.30. The van der Waals surface area contributed by atoms with Gasteiger partial charge in [0.15, 0.2) is 0 Å². The van der Waals surface area contributed by atoms with Crippen LogP contribution in [0.15, 0.2) is 30.3 Å². The van der Waals surface area contributed by atoms with Crippen molar-refractivity contribution < 1.29 is 4.74 Å². The highest BCUT2D eigenvalue weighted by molar-refractivity contribution is 7.98. The molecule has 0 amide bonds. The first kappa shape index (κ1) is 11.6. The fourth-order valence-corrected chi connectivity index (χ4v) is 2.11. The van der Waals surface area contributed by atoms with E-state index in [1.807, 2.05) is 17.8 Å². The van der Waals surface area contributed by atoms with E-state index >= 15 is 0 Å². The molecule has 0 fully saturated rings. The van der Waals surface area contributed by atoms with Crippen LogP contribution < -0.4 is 5.73 Å². The van der Waals surface area contributed by atoms with Gasteiger partial charge in [-0.2, -0.15) is 11.8 Å². The second kappa shape index (κ2) is 6.87. The molecule has 1 aromatic carbocycles. The highest BCUT2D eigenvalue weighted by Crippen LogP contribution is 2.12. The van der Waals surface area contributed by atoms with E-state index in [9.17, 15) is 0 Å². The summed E-state index contributed by atoms with van der Waals surface area (Å²) in [6.45, 7) is 0.641. The van der Waals surface area contributed by atoms with Gasteiger partial charge >= 0.3 is 0 Å². The van der Waals surface area contributed by atoms with E-state index in [4.69, 9.17) is 10.5 Å². The zero-order valence-electron chi connectivity index (χ0n) is 8.48. The van der Waals surface area contributed by atoms with Crippen molar-refractivity contribution in [2.75, 3.05) is 19.5 Å². The molecule has 0 radical (unpaired) electrons. The Morgan fingerprint density at radius 1 is 1.36 bits per heavy atom. The summed E-state index contributed by atoms with van der Waals surface area (Å²) in [7, 11) is 1.68. The van der Waals surface area contributed by atoms with Crippen LogP contribution in [0.4, 0.5) is 0 Å². The average Bonchev–Trinajstić information content (AvgIpc) is 2.20. The third kappa shape index (κ3) is 4.65. The molecule has 1 rings (SSSR count). The average molecular weight is 211 g/mol. The standard InChI is InChI=1S/C11H17NOS/c1-13-7-11(12)9-14-8-10-5-3-2-4-6-10/h2-6,11H,7-9,12H2,1H3. The first-order chi connectivity index (χ1) is 6.83. The van der Waals surface area contributed by atoms with Crippen LogP contribution in [0.2, 0.25) is 0 Å². The Bertz CT molecular complexity index is 240. The quantitative estimate of drug-likeness (QED) is 0.780. The fourth-order valence-electron chi connectivity index (χ4n) is 1.16. The number of hydrogen-bond donors (Lipinski definition) is 1. The Morgan fingerprint density at radius 3 is 2.71 bits per heavy atom. The molecule has 1 aromatic rings. The number of hydrogen-bond acceptors (Lipinski definition) is 3.